The molecule has 0 aliphatic carbocycles. The van der Waals surface area contributed by atoms with Gasteiger partial charge in [-0.2, -0.15) is 0 Å². The minimum atomic E-state index is -0.810. The van der Waals surface area contributed by atoms with Crippen LogP contribution in [-0.2, 0) is 15.1 Å². The van der Waals surface area contributed by atoms with E-state index in [0.29, 0.717) is 6.42 Å². The van der Waals surface area contributed by atoms with Crippen molar-refractivity contribution in [3.8, 4) is 0 Å². The summed E-state index contributed by atoms with van der Waals surface area (Å²) in [4.78, 5) is 13.0. The number of ketones is 1. The molecular weight excluding hydrogens is 272 g/mol. The molecule has 2 aromatic carbocycles. The fourth-order valence-electron chi connectivity index (χ4n) is 4.19. The van der Waals surface area contributed by atoms with Crippen LogP contribution in [0.5, 0.6) is 0 Å². The number of carbonyl (C=O) groups excluding carboxylic acids is 1. The largest absolute Gasteiger partial charge is 0.356 e. The zero-order valence-electron chi connectivity index (χ0n) is 12.8. The molecule has 0 N–H and O–H groups in total. The van der Waals surface area contributed by atoms with E-state index in [1.165, 1.54) is 5.56 Å². The average Bonchev–Trinajstić information content (AvgIpc) is 2.84. The molecule has 0 radical (unpaired) electrons. The smallest absolute Gasteiger partial charge is 0.169 e. The third-order valence-corrected chi connectivity index (χ3v) is 5.23. The first-order chi connectivity index (χ1) is 10.6. The van der Waals surface area contributed by atoms with Crippen LogP contribution in [-0.4, -0.2) is 11.4 Å². The lowest BCUT2D eigenvalue weighted by Crippen LogP contribution is -2.45. The molecule has 0 saturated carbocycles. The van der Waals surface area contributed by atoms with Gasteiger partial charge in [0, 0.05) is 12.3 Å². The fourth-order valence-corrected chi connectivity index (χ4v) is 4.19. The normalized spacial score (nSPS) is 33.9. The van der Waals surface area contributed by atoms with Crippen LogP contribution in [0.3, 0.4) is 0 Å². The van der Waals surface area contributed by atoms with Gasteiger partial charge in [-0.3, -0.25) is 4.79 Å². The number of carbonyl (C=O) groups is 1. The quantitative estimate of drug-likeness (QED) is 0.829. The second-order valence-electron chi connectivity index (χ2n) is 6.74. The summed E-state index contributed by atoms with van der Waals surface area (Å²) >= 11 is 0. The second kappa shape index (κ2) is 4.79. The van der Waals surface area contributed by atoms with Crippen molar-refractivity contribution in [2.24, 2.45) is 0 Å². The van der Waals surface area contributed by atoms with Gasteiger partial charge in [0.2, 0.25) is 0 Å². The minimum absolute atomic E-state index is 0.0936. The van der Waals surface area contributed by atoms with Gasteiger partial charge in [0.05, 0.1) is 5.60 Å². The SMILES string of the molecule is CC12CCC(=O)C(c3ccccc3)(O1)C(c1ccccc1)C2. The van der Waals surface area contributed by atoms with Crippen LogP contribution in [0, 0.1) is 0 Å². The number of ether oxygens (including phenoxy) is 1. The van der Waals surface area contributed by atoms with Crippen LogP contribution < -0.4 is 0 Å². The van der Waals surface area contributed by atoms with Crippen molar-refractivity contribution in [3.05, 3.63) is 71.8 Å². The molecule has 2 fully saturated rings. The molecule has 0 aromatic heterocycles. The maximum absolute atomic E-state index is 13.0. The Bertz CT molecular complexity index is 694. The van der Waals surface area contributed by atoms with Gasteiger partial charge >= 0.3 is 0 Å². The number of fused-ring (bicyclic) bond motifs is 2. The molecule has 2 heterocycles. The van der Waals surface area contributed by atoms with Crippen molar-refractivity contribution in [1.29, 1.82) is 0 Å². The third kappa shape index (κ3) is 1.87. The van der Waals surface area contributed by atoms with Gasteiger partial charge in [0.25, 0.3) is 0 Å². The Labute approximate surface area is 131 Å². The van der Waals surface area contributed by atoms with E-state index in [-0.39, 0.29) is 17.3 Å². The number of benzene rings is 2. The third-order valence-electron chi connectivity index (χ3n) is 5.23. The van der Waals surface area contributed by atoms with Crippen molar-refractivity contribution < 1.29 is 9.53 Å². The van der Waals surface area contributed by atoms with Gasteiger partial charge in [0.1, 0.15) is 0 Å². The highest BCUT2D eigenvalue weighted by molar-refractivity contribution is 5.91. The number of Topliss-reactive ketones (excluding diaryl/α,β-unsaturated/α-hetero) is 1. The van der Waals surface area contributed by atoms with E-state index in [0.717, 1.165) is 18.4 Å². The minimum Gasteiger partial charge on any atom is -0.356 e. The van der Waals surface area contributed by atoms with Crippen molar-refractivity contribution in [3.63, 3.8) is 0 Å². The predicted octanol–water partition coefficient (Wildman–Crippen LogP) is 4.21. The number of hydrogen-bond donors (Lipinski definition) is 0. The Morgan fingerprint density at radius 1 is 1.00 bits per heavy atom. The van der Waals surface area contributed by atoms with Crippen molar-refractivity contribution >= 4 is 5.78 Å². The zero-order valence-corrected chi connectivity index (χ0v) is 12.8. The van der Waals surface area contributed by atoms with Gasteiger partial charge in [-0.05, 0) is 30.9 Å². The highest BCUT2D eigenvalue weighted by Gasteiger charge is 2.61. The van der Waals surface area contributed by atoms with E-state index in [9.17, 15) is 4.79 Å². The Hall–Kier alpha value is -1.93. The molecule has 2 aromatic rings. The summed E-state index contributed by atoms with van der Waals surface area (Å²) in [6.07, 6.45) is 2.33. The van der Waals surface area contributed by atoms with E-state index < -0.39 is 5.60 Å². The summed E-state index contributed by atoms with van der Waals surface area (Å²) < 4.78 is 6.49. The topological polar surface area (TPSA) is 26.3 Å². The summed E-state index contributed by atoms with van der Waals surface area (Å²) in [5.74, 6) is 0.318. The first-order valence-corrected chi connectivity index (χ1v) is 7.98. The lowest BCUT2D eigenvalue weighted by atomic mass is 9.75. The van der Waals surface area contributed by atoms with Gasteiger partial charge in [-0.15, -0.1) is 0 Å². The fraction of sp³-hybridized carbons (Fsp3) is 0.350. The lowest BCUT2D eigenvalue weighted by molar-refractivity contribution is -0.169. The van der Waals surface area contributed by atoms with Crippen molar-refractivity contribution in [1.82, 2.24) is 0 Å². The summed E-state index contributed by atoms with van der Waals surface area (Å²) in [5.41, 5.74) is 1.18. The summed E-state index contributed by atoms with van der Waals surface area (Å²) in [6.45, 7) is 2.15. The van der Waals surface area contributed by atoms with Gasteiger partial charge in [-0.1, -0.05) is 60.7 Å². The van der Waals surface area contributed by atoms with Crippen LogP contribution in [0.4, 0.5) is 0 Å². The van der Waals surface area contributed by atoms with Gasteiger partial charge < -0.3 is 4.74 Å². The van der Waals surface area contributed by atoms with E-state index >= 15 is 0 Å². The summed E-state index contributed by atoms with van der Waals surface area (Å²) in [5, 5.41) is 0. The standard InChI is InChI=1S/C20H20O2/c1-19-13-12-18(21)20(22-19,16-10-6-3-7-11-16)17(14-19)15-8-4-2-5-9-15/h2-11,17H,12-14H2,1H3. The number of hydrogen-bond acceptors (Lipinski definition) is 2. The first kappa shape index (κ1) is 13.7. The van der Waals surface area contributed by atoms with E-state index in [1.807, 2.05) is 48.5 Å². The number of rotatable bonds is 2. The van der Waals surface area contributed by atoms with Crippen LogP contribution in [0.1, 0.15) is 43.2 Å². The van der Waals surface area contributed by atoms with E-state index in [2.05, 4.69) is 19.1 Å². The maximum atomic E-state index is 13.0. The predicted molar refractivity (Wildman–Crippen MR) is 85.7 cm³/mol. The highest BCUT2D eigenvalue weighted by Crippen LogP contribution is 2.58. The van der Waals surface area contributed by atoms with Crippen LogP contribution in [0.2, 0.25) is 0 Å². The second-order valence-corrected chi connectivity index (χ2v) is 6.74. The maximum Gasteiger partial charge on any atom is 0.169 e. The Morgan fingerprint density at radius 3 is 2.32 bits per heavy atom. The summed E-state index contributed by atoms with van der Waals surface area (Å²) in [7, 11) is 0. The van der Waals surface area contributed by atoms with Crippen molar-refractivity contribution in [2.75, 3.05) is 0 Å². The van der Waals surface area contributed by atoms with E-state index in [1.54, 1.807) is 0 Å². The molecule has 2 aliphatic heterocycles. The highest BCUT2D eigenvalue weighted by atomic mass is 16.5. The van der Waals surface area contributed by atoms with Crippen molar-refractivity contribution in [2.45, 2.75) is 43.3 Å². The first-order valence-electron chi connectivity index (χ1n) is 7.98. The molecule has 4 rings (SSSR count). The van der Waals surface area contributed by atoms with Gasteiger partial charge in [-0.25, -0.2) is 0 Å². The molecule has 2 heteroatoms. The van der Waals surface area contributed by atoms with Crippen LogP contribution in [0.25, 0.3) is 0 Å². The molecular formula is C20H20O2. The zero-order chi connectivity index (χ0) is 15.2. The van der Waals surface area contributed by atoms with Gasteiger partial charge in [0.15, 0.2) is 11.4 Å². The molecule has 2 saturated heterocycles. The molecule has 0 spiro atoms. The Morgan fingerprint density at radius 2 is 1.64 bits per heavy atom. The molecule has 2 nitrogen and oxygen atoms in total. The Kier molecular flexibility index (Phi) is 2.98. The molecule has 0 amide bonds. The van der Waals surface area contributed by atoms with Crippen LogP contribution >= 0.6 is 0 Å². The molecule has 112 valence electrons. The Balaban J connectivity index is 1.91. The lowest BCUT2D eigenvalue weighted by Gasteiger charge is -2.39. The van der Waals surface area contributed by atoms with E-state index in [4.69, 9.17) is 4.74 Å². The van der Waals surface area contributed by atoms with Crippen LogP contribution in [0.15, 0.2) is 60.7 Å². The molecule has 22 heavy (non-hydrogen) atoms. The monoisotopic (exact) mass is 292 g/mol. The molecule has 3 unspecified atom stereocenters. The average molecular weight is 292 g/mol. The molecule has 2 aliphatic rings. The molecule has 3 atom stereocenters. The summed E-state index contributed by atoms with van der Waals surface area (Å²) in [6, 6.07) is 20.4. The molecule has 2 bridgehead atoms.